The monoisotopic (exact) mass is 279 g/mol. The van der Waals surface area contributed by atoms with Gasteiger partial charge in [-0.2, -0.15) is 11.3 Å². The summed E-state index contributed by atoms with van der Waals surface area (Å²) >= 11 is 2.86. The molecular formula is C12H13N3OS2. The van der Waals surface area contributed by atoms with Crippen LogP contribution in [-0.4, -0.2) is 26.4 Å². The van der Waals surface area contributed by atoms with Gasteiger partial charge in [0.15, 0.2) is 0 Å². The van der Waals surface area contributed by atoms with Crippen molar-refractivity contribution in [3.05, 3.63) is 33.0 Å². The SMILES string of the molecule is Cc1nnsc1C(=O)N(Cc1ccsc1)C1CC1. The van der Waals surface area contributed by atoms with Gasteiger partial charge >= 0.3 is 0 Å². The number of nitrogens with zero attached hydrogens (tertiary/aromatic N) is 3. The summed E-state index contributed by atoms with van der Waals surface area (Å²) in [6.45, 7) is 2.54. The topological polar surface area (TPSA) is 46.1 Å². The largest absolute Gasteiger partial charge is 0.331 e. The third-order valence-corrected chi connectivity index (χ3v) is 4.58. The number of hydrogen-bond acceptors (Lipinski definition) is 5. The molecule has 0 aromatic carbocycles. The van der Waals surface area contributed by atoms with Crippen molar-refractivity contribution in [2.45, 2.75) is 32.4 Å². The lowest BCUT2D eigenvalue weighted by molar-refractivity contribution is 0.0734. The summed E-state index contributed by atoms with van der Waals surface area (Å²) in [5.41, 5.74) is 1.94. The van der Waals surface area contributed by atoms with E-state index in [2.05, 4.69) is 21.0 Å². The van der Waals surface area contributed by atoms with Crippen molar-refractivity contribution in [2.24, 2.45) is 0 Å². The molecule has 2 aromatic rings. The Kier molecular flexibility index (Phi) is 3.13. The first-order valence-electron chi connectivity index (χ1n) is 5.86. The molecule has 0 saturated heterocycles. The third kappa shape index (κ3) is 2.30. The molecule has 6 heteroatoms. The van der Waals surface area contributed by atoms with Crippen molar-refractivity contribution in [2.75, 3.05) is 0 Å². The highest BCUT2D eigenvalue weighted by Gasteiger charge is 2.34. The molecule has 2 aromatic heterocycles. The van der Waals surface area contributed by atoms with Crippen molar-refractivity contribution in [3.63, 3.8) is 0 Å². The molecule has 0 bridgehead atoms. The maximum atomic E-state index is 12.5. The van der Waals surface area contributed by atoms with E-state index in [9.17, 15) is 4.79 Å². The number of aromatic nitrogens is 2. The second-order valence-electron chi connectivity index (χ2n) is 4.48. The minimum Gasteiger partial charge on any atom is -0.331 e. The summed E-state index contributed by atoms with van der Waals surface area (Å²) in [6, 6.07) is 2.48. The zero-order valence-corrected chi connectivity index (χ0v) is 11.6. The Hall–Kier alpha value is -1.27. The Morgan fingerprint density at radius 1 is 1.56 bits per heavy atom. The van der Waals surface area contributed by atoms with Crippen LogP contribution in [0, 0.1) is 6.92 Å². The van der Waals surface area contributed by atoms with Crippen LogP contribution in [0.15, 0.2) is 16.8 Å². The van der Waals surface area contributed by atoms with Crippen LogP contribution in [0.5, 0.6) is 0 Å². The van der Waals surface area contributed by atoms with Crippen molar-refractivity contribution in [3.8, 4) is 0 Å². The van der Waals surface area contributed by atoms with E-state index in [-0.39, 0.29) is 5.91 Å². The average Bonchev–Trinajstić information content (AvgIpc) is 2.89. The molecule has 0 spiro atoms. The molecule has 1 aliphatic carbocycles. The maximum absolute atomic E-state index is 12.5. The van der Waals surface area contributed by atoms with Crippen LogP contribution in [0.1, 0.15) is 33.8 Å². The summed E-state index contributed by atoms with van der Waals surface area (Å²) < 4.78 is 3.85. The highest BCUT2D eigenvalue weighted by atomic mass is 32.1. The molecule has 1 amide bonds. The maximum Gasteiger partial charge on any atom is 0.268 e. The zero-order valence-electron chi connectivity index (χ0n) is 10.00. The fourth-order valence-electron chi connectivity index (χ4n) is 1.89. The van der Waals surface area contributed by atoms with Gasteiger partial charge in [-0.25, -0.2) is 0 Å². The average molecular weight is 279 g/mol. The molecule has 0 unspecified atom stereocenters. The number of carbonyl (C=O) groups is 1. The van der Waals surface area contributed by atoms with Gasteiger partial charge in [-0.05, 0) is 53.7 Å². The summed E-state index contributed by atoms with van der Waals surface area (Å²) in [7, 11) is 0. The second-order valence-corrected chi connectivity index (χ2v) is 6.02. The van der Waals surface area contributed by atoms with Crippen LogP contribution in [0.2, 0.25) is 0 Å². The first-order chi connectivity index (χ1) is 8.75. The van der Waals surface area contributed by atoms with E-state index >= 15 is 0 Å². The molecule has 0 N–H and O–H groups in total. The van der Waals surface area contributed by atoms with Crippen LogP contribution >= 0.6 is 22.9 Å². The molecule has 0 radical (unpaired) electrons. The van der Waals surface area contributed by atoms with Crippen LogP contribution in [0.25, 0.3) is 0 Å². The van der Waals surface area contributed by atoms with Gasteiger partial charge in [0.05, 0.1) is 5.69 Å². The molecule has 2 heterocycles. The second kappa shape index (κ2) is 4.78. The zero-order chi connectivity index (χ0) is 12.5. The van der Waals surface area contributed by atoms with E-state index in [1.54, 1.807) is 11.3 Å². The van der Waals surface area contributed by atoms with Crippen molar-refractivity contribution in [1.29, 1.82) is 0 Å². The molecule has 1 aliphatic rings. The number of carbonyl (C=O) groups excluding carboxylic acids is 1. The molecule has 18 heavy (non-hydrogen) atoms. The summed E-state index contributed by atoms with van der Waals surface area (Å²) in [6.07, 6.45) is 2.22. The van der Waals surface area contributed by atoms with E-state index in [0.717, 1.165) is 18.5 Å². The third-order valence-electron chi connectivity index (χ3n) is 3.03. The Balaban J connectivity index is 1.82. The van der Waals surface area contributed by atoms with E-state index < -0.39 is 0 Å². The van der Waals surface area contributed by atoms with Gasteiger partial charge < -0.3 is 4.90 Å². The van der Waals surface area contributed by atoms with Gasteiger partial charge in [0.1, 0.15) is 4.88 Å². The van der Waals surface area contributed by atoms with E-state index in [4.69, 9.17) is 0 Å². The van der Waals surface area contributed by atoms with Gasteiger partial charge in [0.2, 0.25) is 0 Å². The molecule has 94 valence electrons. The Bertz CT molecular complexity index is 545. The molecule has 1 saturated carbocycles. The Morgan fingerprint density at radius 2 is 2.39 bits per heavy atom. The first kappa shape index (κ1) is 11.8. The number of thiophene rings is 1. The predicted molar refractivity (Wildman–Crippen MR) is 71.9 cm³/mol. The van der Waals surface area contributed by atoms with E-state index in [0.29, 0.717) is 17.5 Å². The Labute approximate surface area is 113 Å². The van der Waals surface area contributed by atoms with Crippen LogP contribution in [0.4, 0.5) is 0 Å². The minimum absolute atomic E-state index is 0.0798. The molecule has 4 nitrogen and oxygen atoms in total. The predicted octanol–water partition coefficient (Wildman–Crippen LogP) is 2.71. The Morgan fingerprint density at radius 3 is 2.94 bits per heavy atom. The quantitative estimate of drug-likeness (QED) is 0.864. The fraction of sp³-hybridized carbons (Fsp3) is 0.417. The fourth-order valence-corrected chi connectivity index (χ4v) is 3.16. The van der Waals surface area contributed by atoms with Gasteiger partial charge in [-0.1, -0.05) is 4.49 Å². The van der Waals surface area contributed by atoms with Crippen LogP contribution in [-0.2, 0) is 6.54 Å². The number of aryl methyl sites for hydroxylation is 1. The van der Waals surface area contributed by atoms with Crippen molar-refractivity contribution < 1.29 is 4.79 Å². The van der Waals surface area contributed by atoms with Gasteiger partial charge in [0.25, 0.3) is 5.91 Å². The van der Waals surface area contributed by atoms with Gasteiger partial charge in [-0.3, -0.25) is 4.79 Å². The van der Waals surface area contributed by atoms with E-state index in [1.807, 2.05) is 17.2 Å². The molecule has 0 atom stereocenters. The minimum atomic E-state index is 0.0798. The standard InChI is InChI=1S/C12H13N3OS2/c1-8-11(18-14-13-8)12(16)15(10-2-3-10)6-9-4-5-17-7-9/h4-5,7,10H,2-3,6H2,1H3. The summed E-state index contributed by atoms with van der Waals surface area (Å²) in [5.74, 6) is 0.0798. The number of amides is 1. The molecule has 3 rings (SSSR count). The lowest BCUT2D eigenvalue weighted by atomic mass is 10.2. The normalized spacial score (nSPS) is 14.7. The van der Waals surface area contributed by atoms with Crippen LogP contribution in [0.3, 0.4) is 0 Å². The van der Waals surface area contributed by atoms with Crippen molar-refractivity contribution >= 4 is 28.8 Å². The summed E-state index contributed by atoms with van der Waals surface area (Å²) in [4.78, 5) is 15.1. The molecule has 1 fully saturated rings. The molecular weight excluding hydrogens is 266 g/mol. The highest BCUT2D eigenvalue weighted by Crippen LogP contribution is 2.31. The summed E-state index contributed by atoms with van der Waals surface area (Å²) in [5, 5.41) is 8.06. The van der Waals surface area contributed by atoms with Crippen LogP contribution < -0.4 is 0 Å². The number of hydrogen-bond donors (Lipinski definition) is 0. The first-order valence-corrected chi connectivity index (χ1v) is 7.58. The van der Waals surface area contributed by atoms with Crippen molar-refractivity contribution in [1.82, 2.24) is 14.5 Å². The lowest BCUT2D eigenvalue weighted by Crippen LogP contribution is -2.32. The van der Waals surface area contributed by atoms with Gasteiger partial charge in [-0.15, -0.1) is 5.10 Å². The lowest BCUT2D eigenvalue weighted by Gasteiger charge is -2.21. The molecule has 0 aliphatic heterocycles. The van der Waals surface area contributed by atoms with Gasteiger partial charge in [0, 0.05) is 12.6 Å². The smallest absolute Gasteiger partial charge is 0.268 e. The highest BCUT2D eigenvalue weighted by molar-refractivity contribution is 7.08. The number of rotatable bonds is 4. The van der Waals surface area contributed by atoms with E-state index in [1.165, 1.54) is 17.1 Å².